The number of Topliss-reactive ketones (excluding diaryl/α,β-unsaturated/α-hetero) is 1. The Morgan fingerprint density at radius 2 is 1.26 bits per heavy atom. The first-order valence-electron chi connectivity index (χ1n) is 10.5. The summed E-state index contributed by atoms with van der Waals surface area (Å²) >= 11 is 13.9. The molecule has 0 saturated heterocycles. The van der Waals surface area contributed by atoms with Gasteiger partial charge in [-0.3, -0.25) is 28.9 Å². The van der Waals surface area contributed by atoms with E-state index in [4.69, 9.17) is 32.7 Å². The van der Waals surface area contributed by atoms with Crippen molar-refractivity contribution in [2.45, 2.75) is 0 Å². The van der Waals surface area contributed by atoms with E-state index in [-0.39, 0.29) is 86.6 Å². The van der Waals surface area contributed by atoms with Gasteiger partial charge in [0.1, 0.15) is 18.4 Å². The Morgan fingerprint density at radius 1 is 0.706 bits per heavy atom. The minimum absolute atomic E-state index is 0.00802. The van der Waals surface area contributed by atoms with Gasteiger partial charge in [-0.15, -0.1) is 23.2 Å². The molecule has 34 heavy (non-hydrogen) atoms. The van der Waals surface area contributed by atoms with Crippen molar-refractivity contribution in [3.8, 4) is 0 Å². The van der Waals surface area contributed by atoms with E-state index < -0.39 is 5.91 Å². The van der Waals surface area contributed by atoms with Crippen LogP contribution >= 0.6 is 39.1 Å². The molecule has 0 atom stereocenters. The number of hydrogen-bond acceptors (Lipinski definition) is 8. The van der Waals surface area contributed by atoms with Crippen molar-refractivity contribution in [2.24, 2.45) is 0 Å². The second-order valence-corrected chi connectivity index (χ2v) is 7.80. The summed E-state index contributed by atoms with van der Waals surface area (Å²) in [6.07, 6.45) is 0. The molecule has 0 saturated carbocycles. The molecule has 0 spiro atoms. The molecule has 0 aromatic heterocycles. The Kier molecular flexibility index (Phi) is 21.0. The van der Waals surface area contributed by atoms with E-state index >= 15 is 0 Å². The van der Waals surface area contributed by atoms with Crippen LogP contribution in [0.1, 0.15) is 0 Å². The van der Waals surface area contributed by atoms with Gasteiger partial charge in [-0.1, -0.05) is 15.9 Å². The summed E-state index contributed by atoms with van der Waals surface area (Å²) in [6.45, 7) is 1.97. The van der Waals surface area contributed by atoms with E-state index in [1.165, 1.54) is 0 Å². The number of nitrogens with zero attached hydrogens (tertiary/aromatic N) is 1. The van der Waals surface area contributed by atoms with Crippen molar-refractivity contribution in [1.82, 2.24) is 26.2 Å². The van der Waals surface area contributed by atoms with Gasteiger partial charge in [0.25, 0.3) is 0 Å². The maximum atomic E-state index is 12.2. The number of ether oxygens (including phenoxy) is 2. The van der Waals surface area contributed by atoms with Crippen LogP contribution in [0.4, 0.5) is 0 Å². The first kappa shape index (κ1) is 32.5. The van der Waals surface area contributed by atoms with Gasteiger partial charge in [0.05, 0.1) is 38.2 Å². The standard InChI is InChI=1S/C19H32BrCl2N5O7/c20-9-16(29)25-3-6-33-7-8-34-14-19(32)26-12-15(28)13-27(4-1-23-17(30)10-21)5-2-24-18(31)11-22/h1-14H2,(H,23,30)(H,24,31)(H,25,29)(H,26,32). The van der Waals surface area contributed by atoms with Crippen LogP contribution in [0.5, 0.6) is 0 Å². The second-order valence-electron chi connectivity index (χ2n) is 6.71. The Morgan fingerprint density at radius 3 is 1.82 bits per heavy atom. The fourth-order valence-corrected chi connectivity index (χ4v) is 2.71. The van der Waals surface area contributed by atoms with Crippen molar-refractivity contribution in [1.29, 1.82) is 0 Å². The molecule has 196 valence electrons. The molecule has 0 radical (unpaired) electrons. The molecule has 0 aliphatic heterocycles. The number of rotatable bonds is 21. The third-order valence-corrected chi connectivity index (χ3v) is 4.92. The fourth-order valence-electron chi connectivity index (χ4n) is 2.32. The molecular weight excluding hydrogens is 561 g/mol. The maximum absolute atomic E-state index is 12.2. The highest BCUT2D eigenvalue weighted by Gasteiger charge is 2.13. The van der Waals surface area contributed by atoms with Gasteiger partial charge >= 0.3 is 0 Å². The van der Waals surface area contributed by atoms with Gasteiger partial charge < -0.3 is 30.7 Å². The number of nitrogens with one attached hydrogen (secondary N) is 4. The third-order valence-electron chi connectivity index (χ3n) is 3.92. The second kappa shape index (κ2) is 22.0. The fraction of sp³-hybridized carbons (Fsp3) is 0.737. The van der Waals surface area contributed by atoms with Crippen molar-refractivity contribution in [3.63, 3.8) is 0 Å². The molecule has 0 unspecified atom stereocenters. The molecule has 0 aliphatic carbocycles. The third kappa shape index (κ3) is 19.9. The summed E-state index contributed by atoms with van der Waals surface area (Å²) < 4.78 is 10.4. The topological polar surface area (TPSA) is 155 Å². The molecule has 0 rings (SSSR count). The summed E-state index contributed by atoms with van der Waals surface area (Å²) in [5.74, 6) is -1.83. The number of hydrogen-bond donors (Lipinski definition) is 4. The monoisotopic (exact) mass is 591 g/mol. The van der Waals surface area contributed by atoms with E-state index in [2.05, 4.69) is 37.2 Å². The highest BCUT2D eigenvalue weighted by atomic mass is 79.9. The lowest BCUT2D eigenvalue weighted by Crippen LogP contribution is -2.44. The minimum atomic E-state index is -0.451. The maximum Gasteiger partial charge on any atom is 0.246 e. The van der Waals surface area contributed by atoms with E-state index in [0.29, 0.717) is 26.2 Å². The van der Waals surface area contributed by atoms with Crippen molar-refractivity contribution in [3.05, 3.63) is 0 Å². The lowest BCUT2D eigenvalue weighted by Gasteiger charge is -2.22. The molecule has 0 aromatic rings. The highest BCUT2D eigenvalue weighted by Crippen LogP contribution is 1.90. The summed E-state index contributed by atoms with van der Waals surface area (Å²) in [5.41, 5.74) is 0. The average Bonchev–Trinajstić information content (AvgIpc) is 2.83. The Balaban J connectivity index is 4.09. The van der Waals surface area contributed by atoms with Crippen LogP contribution in [0.2, 0.25) is 0 Å². The van der Waals surface area contributed by atoms with Gasteiger partial charge in [-0.2, -0.15) is 0 Å². The summed E-state index contributed by atoms with van der Waals surface area (Å²) in [5, 5.41) is 10.5. The molecule has 0 aliphatic rings. The van der Waals surface area contributed by atoms with E-state index in [9.17, 15) is 24.0 Å². The van der Waals surface area contributed by atoms with E-state index in [1.807, 2.05) is 0 Å². The summed E-state index contributed by atoms with van der Waals surface area (Å²) in [4.78, 5) is 59.3. The lowest BCUT2D eigenvalue weighted by molar-refractivity contribution is -0.129. The van der Waals surface area contributed by atoms with Crippen LogP contribution in [0.15, 0.2) is 0 Å². The van der Waals surface area contributed by atoms with Gasteiger partial charge in [-0.05, 0) is 0 Å². The SMILES string of the molecule is O=C(CNC(=O)COCCOCCNC(=O)CBr)CN(CCNC(=O)CCl)CCNC(=O)CCl. The molecule has 15 heteroatoms. The Bertz CT molecular complexity index is 624. The number of halogens is 3. The highest BCUT2D eigenvalue weighted by molar-refractivity contribution is 9.09. The summed E-state index contributed by atoms with van der Waals surface area (Å²) in [7, 11) is 0. The zero-order valence-corrected chi connectivity index (χ0v) is 21.9. The lowest BCUT2D eigenvalue weighted by atomic mass is 10.3. The smallest absolute Gasteiger partial charge is 0.246 e. The number of ketones is 1. The number of alkyl halides is 3. The van der Waals surface area contributed by atoms with Gasteiger partial charge in [0, 0.05) is 32.7 Å². The van der Waals surface area contributed by atoms with E-state index in [0.717, 1.165) is 0 Å². The van der Waals surface area contributed by atoms with Crippen LogP contribution in [0.25, 0.3) is 0 Å². The van der Waals surface area contributed by atoms with E-state index in [1.54, 1.807) is 4.90 Å². The van der Waals surface area contributed by atoms with Crippen molar-refractivity contribution < 1.29 is 33.4 Å². The van der Waals surface area contributed by atoms with Crippen LogP contribution in [-0.4, -0.2) is 124 Å². The van der Waals surface area contributed by atoms with Crippen LogP contribution in [-0.2, 0) is 33.4 Å². The number of amides is 4. The molecule has 0 bridgehead atoms. The molecule has 0 fully saturated rings. The number of carbonyl (C=O) groups is 5. The zero-order valence-electron chi connectivity index (χ0n) is 18.8. The first-order valence-corrected chi connectivity index (χ1v) is 12.7. The minimum Gasteiger partial charge on any atom is -0.377 e. The molecule has 4 amide bonds. The normalized spacial score (nSPS) is 10.6. The van der Waals surface area contributed by atoms with Gasteiger partial charge in [-0.25, -0.2) is 0 Å². The molecule has 0 aromatic carbocycles. The first-order chi connectivity index (χ1) is 16.3. The van der Waals surface area contributed by atoms with Crippen molar-refractivity contribution >= 4 is 68.5 Å². The average molecular weight is 593 g/mol. The largest absolute Gasteiger partial charge is 0.377 e. The zero-order chi connectivity index (χ0) is 25.6. The predicted molar refractivity (Wildman–Crippen MR) is 130 cm³/mol. The van der Waals surface area contributed by atoms with Crippen molar-refractivity contribution in [2.75, 3.05) is 89.3 Å². The Labute approximate surface area is 217 Å². The summed E-state index contributed by atoms with van der Waals surface area (Å²) in [6, 6.07) is 0. The molecule has 12 nitrogen and oxygen atoms in total. The molecule has 4 N–H and O–H groups in total. The van der Waals surface area contributed by atoms with Crippen LogP contribution in [0.3, 0.4) is 0 Å². The van der Waals surface area contributed by atoms with Crippen LogP contribution < -0.4 is 21.3 Å². The molecule has 0 heterocycles. The quantitative estimate of drug-likeness (QED) is 0.0901. The number of carbonyl (C=O) groups excluding carboxylic acids is 5. The Hall–Kier alpha value is -1.51. The molecular formula is C19H32BrCl2N5O7. The predicted octanol–water partition coefficient (Wildman–Crippen LogP) is -1.77. The van der Waals surface area contributed by atoms with Gasteiger partial charge in [0.2, 0.25) is 23.6 Å². The van der Waals surface area contributed by atoms with Crippen LogP contribution in [0, 0.1) is 0 Å². The van der Waals surface area contributed by atoms with Gasteiger partial charge in [0.15, 0.2) is 5.78 Å².